The molecule has 0 bridgehead atoms. The first-order chi connectivity index (χ1) is 16.6. The Morgan fingerprint density at radius 2 is 1.94 bits per heavy atom. The largest absolute Gasteiger partial charge is 0.493 e. The third-order valence-electron chi connectivity index (χ3n) is 6.07. The van der Waals surface area contributed by atoms with E-state index < -0.39 is 6.04 Å². The highest BCUT2D eigenvalue weighted by atomic mass is 35.5. The highest BCUT2D eigenvalue weighted by Crippen LogP contribution is 2.34. The number of benzene rings is 1. The highest BCUT2D eigenvalue weighted by molar-refractivity contribution is 6.27. The number of ether oxygens (including phenoxy) is 2. The summed E-state index contributed by atoms with van der Waals surface area (Å²) in [4.78, 5) is 28.2. The molecule has 1 heterocycles. The SMILES string of the molecule is CCCOc1ccc([C@H](C(=O)NC2CCCCCC2)N(Cc2ccco2)C(=O)CCl)cc1OC. The average molecular weight is 491 g/mol. The van der Waals surface area contributed by atoms with E-state index >= 15 is 0 Å². The van der Waals surface area contributed by atoms with Gasteiger partial charge < -0.3 is 24.1 Å². The quantitative estimate of drug-likeness (QED) is 0.345. The van der Waals surface area contributed by atoms with Gasteiger partial charge in [-0.3, -0.25) is 9.59 Å². The van der Waals surface area contributed by atoms with E-state index in [2.05, 4.69) is 5.32 Å². The minimum absolute atomic E-state index is 0.0862. The normalized spacial score (nSPS) is 15.3. The summed E-state index contributed by atoms with van der Waals surface area (Å²) in [6, 6.07) is 8.07. The van der Waals surface area contributed by atoms with Crippen LogP contribution in [0, 0.1) is 0 Å². The molecule has 1 aliphatic rings. The molecule has 0 aliphatic heterocycles. The lowest BCUT2D eigenvalue weighted by atomic mass is 10.0. The van der Waals surface area contributed by atoms with Gasteiger partial charge >= 0.3 is 0 Å². The number of hydrogen-bond donors (Lipinski definition) is 1. The molecule has 8 heteroatoms. The van der Waals surface area contributed by atoms with Crippen molar-refractivity contribution in [2.75, 3.05) is 19.6 Å². The van der Waals surface area contributed by atoms with Gasteiger partial charge in [0.05, 0.1) is 26.5 Å². The van der Waals surface area contributed by atoms with Gasteiger partial charge in [0.1, 0.15) is 17.7 Å². The average Bonchev–Trinajstić information content (AvgIpc) is 3.24. The summed E-state index contributed by atoms with van der Waals surface area (Å²) in [5.41, 5.74) is 0.622. The lowest BCUT2D eigenvalue weighted by Crippen LogP contribution is -2.46. The number of rotatable bonds is 11. The number of hydrogen-bond acceptors (Lipinski definition) is 5. The summed E-state index contributed by atoms with van der Waals surface area (Å²) in [6.07, 6.45) is 8.82. The van der Waals surface area contributed by atoms with Gasteiger partial charge in [-0.15, -0.1) is 11.6 Å². The summed E-state index contributed by atoms with van der Waals surface area (Å²) in [5.74, 6) is 0.834. The predicted octanol–water partition coefficient (Wildman–Crippen LogP) is 5.22. The molecule has 1 fully saturated rings. The van der Waals surface area contributed by atoms with Gasteiger partial charge in [0.2, 0.25) is 11.8 Å². The molecule has 1 aromatic heterocycles. The number of carbonyl (C=O) groups excluding carboxylic acids is 2. The van der Waals surface area contributed by atoms with E-state index in [0.29, 0.717) is 29.4 Å². The van der Waals surface area contributed by atoms with E-state index in [1.54, 1.807) is 37.6 Å². The first-order valence-corrected chi connectivity index (χ1v) is 12.6. The first kappa shape index (κ1) is 25.9. The highest BCUT2D eigenvalue weighted by Gasteiger charge is 2.33. The molecule has 1 aromatic carbocycles. The van der Waals surface area contributed by atoms with E-state index in [1.165, 1.54) is 17.7 Å². The topological polar surface area (TPSA) is 81.0 Å². The summed E-state index contributed by atoms with van der Waals surface area (Å²) < 4.78 is 16.8. The smallest absolute Gasteiger partial charge is 0.247 e. The van der Waals surface area contributed by atoms with Crippen molar-refractivity contribution in [2.45, 2.75) is 70.5 Å². The van der Waals surface area contributed by atoms with Gasteiger partial charge in [-0.25, -0.2) is 0 Å². The molecular weight excluding hydrogens is 456 g/mol. The second-order valence-corrected chi connectivity index (χ2v) is 8.86. The van der Waals surface area contributed by atoms with Crippen LogP contribution < -0.4 is 14.8 Å². The number of nitrogens with zero attached hydrogens (tertiary/aromatic N) is 1. The van der Waals surface area contributed by atoms with Gasteiger partial charge in [0.15, 0.2) is 11.5 Å². The molecule has 34 heavy (non-hydrogen) atoms. The Labute approximate surface area is 206 Å². The summed E-state index contributed by atoms with van der Waals surface area (Å²) in [5, 5.41) is 3.20. The van der Waals surface area contributed by atoms with Crippen LogP contribution in [0.4, 0.5) is 0 Å². The fraction of sp³-hybridized carbons (Fsp3) is 0.538. The van der Waals surface area contributed by atoms with E-state index in [4.69, 9.17) is 25.5 Å². The third kappa shape index (κ3) is 6.92. The third-order valence-corrected chi connectivity index (χ3v) is 6.30. The zero-order valence-corrected chi connectivity index (χ0v) is 20.8. The van der Waals surface area contributed by atoms with Gasteiger partial charge in [0, 0.05) is 6.04 Å². The van der Waals surface area contributed by atoms with Crippen molar-refractivity contribution in [1.82, 2.24) is 10.2 Å². The van der Waals surface area contributed by atoms with Gasteiger partial charge in [-0.05, 0) is 49.1 Å². The molecule has 1 atom stereocenters. The molecule has 1 N–H and O–H groups in total. The van der Waals surface area contributed by atoms with Crippen LogP contribution in [-0.2, 0) is 16.1 Å². The van der Waals surface area contributed by atoms with E-state index in [-0.39, 0.29) is 30.3 Å². The van der Waals surface area contributed by atoms with Crippen molar-refractivity contribution in [2.24, 2.45) is 0 Å². The van der Waals surface area contributed by atoms with Crippen LogP contribution in [0.5, 0.6) is 11.5 Å². The van der Waals surface area contributed by atoms with E-state index in [1.807, 2.05) is 13.0 Å². The minimum atomic E-state index is -0.895. The Bertz CT molecular complexity index is 910. The molecule has 0 radical (unpaired) electrons. The molecule has 0 spiro atoms. The number of furan rings is 1. The van der Waals surface area contributed by atoms with Crippen LogP contribution in [-0.4, -0.2) is 42.4 Å². The number of amides is 2. The van der Waals surface area contributed by atoms with Gasteiger partial charge in [-0.2, -0.15) is 0 Å². The molecule has 186 valence electrons. The Hall–Kier alpha value is -2.67. The minimum Gasteiger partial charge on any atom is -0.493 e. The second kappa shape index (κ2) is 13.3. The monoisotopic (exact) mass is 490 g/mol. The van der Waals surface area contributed by atoms with Crippen molar-refractivity contribution in [3.8, 4) is 11.5 Å². The molecule has 0 saturated heterocycles. The maximum absolute atomic E-state index is 13.7. The standard InChI is InChI=1S/C26H35ClN2O5/c1-3-14-34-22-13-12-19(16-23(22)32-2)25(26(31)28-20-9-6-4-5-7-10-20)29(24(30)17-27)18-21-11-8-15-33-21/h8,11-13,15-16,20,25H,3-7,9-10,14,17-18H2,1-2H3,(H,28,31)/t25-/m1/s1. The Morgan fingerprint density at radius 1 is 1.18 bits per heavy atom. The first-order valence-electron chi connectivity index (χ1n) is 12.1. The van der Waals surface area contributed by atoms with Crippen molar-refractivity contribution < 1.29 is 23.5 Å². The number of halogens is 1. The summed E-state index contributed by atoms with van der Waals surface area (Å²) >= 11 is 5.98. The van der Waals surface area contributed by atoms with Crippen molar-refractivity contribution in [3.05, 3.63) is 47.9 Å². The lowest BCUT2D eigenvalue weighted by Gasteiger charge is -2.32. The molecule has 3 rings (SSSR count). The zero-order valence-electron chi connectivity index (χ0n) is 20.1. The predicted molar refractivity (Wildman–Crippen MR) is 131 cm³/mol. The fourth-order valence-electron chi connectivity index (χ4n) is 4.33. The van der Waals surface area contributed by atoms with Crippen molar-refractivity contribution >= 4 is 23.4 Å². The Balaban J connectivity index is 1.97. The van der Waals surface area contributed by atoms with Crippen LogP contribution in [0.25, 0.3) is 0 Å². The van der Waals surface area contributed by atoms with Crippen LogP contribution in [0.15, 0.2) is 41.0 Å². The van der Waals surface area contributed by atoms with Crippen molar-refractivity contribution in [1.29, 1.82) is 0 Å². The molecule has 1 aliphatic carbocycles. The van der Waals surface area contributed by atoms with Gasteiger partial charge in [0.25, 0.3) is 0 Å². The molecule has 2 aromatic rings. The summed E-state index contributed by atoms with van der Waals surface area (Å²) in [7, 11) is 1.56. The van der Waals surface area contributed by atoms with E-state index in [0.717, 1.165) is 32.1 Å². The Kier molecular flexibility index (Phi) is 10.1. The van der Waals surface area contributed by atoms with Crippen LogP contribution >= 0.6 is 11.6 Å². The van der Waals surface area contributed by atoms with Gasteiger partial charge in [-0.1, -0.05) is 38.7 Å². The van der Waals surface area contributed by atoms with Crippen LogP contribution in [0.2, 0.25) is 0 Å². The Morgan fingerprint density at radius 3 is 2.56 bits per heavy atom. The van der Waals surface area contributed by atoms with Crippen molar-refractivity contribution in [3.63, 3.8) is 0 Å². The molecule has 7 nitrogen and oxygen atoms in total. The maximum atomic E-state index is 13.7. The fourth-order valence-corrected chi connectivity index (χ4v) is 4.49. The van der Waals surface area contributed by atoms with Crippen LogP contribution in [0.3, 0.4) is 0 Å². The number of nitrogens with one attached hydrogen (secondary N) is 1. The second-order valence-electron chi connectivity index (χ2n) is 8.59. The number of methoxy groups -OCH3 is 1. The molecule has 1 saturated carbocycles. The summed E-state index contributed by atoms with van der Waals surface area (Å²) in [6.45, 7) is 2.70. The zero-order chi connectivity index (χ0) is 24.3. The maximum Gasteiger partial charge on any atom is 0.247 e. The van der Waals surface area contributed by atoms with Crippen LogP contribution in [0.1, 0.15) is 69.2 Å². The molecular formula is C26H35ClN2O5. The molecule has 2 amide bonds. The molecule has 0 unspecified atom stereocenters. The van der Waals surface area contributed by atoms with E-state index in [9.17, 15) is 9.59 Å². The number of carbonyl (C=O) groups is 2. The number of alkyl halides is 1. The lowest BCUT2D eigenvalue weighted by molar-refractivity contribution is -0.140.